The van der Waals surface area contributed by atoms with Gasteiger partial charge in [0.1, 0.15) is 11.5 Å². The number of aromatic nitrogens is 3. The fourth-order valence-electron chi connectivity index (χ4n) is 2.65. The zero-order valence-corrected chi connectivity index (χ0v) is 17.2. The van der Waals surface area contributed by atoms with Crippen LogP contribution in [0.2, 0.25) is 10.0 Å². The number of rotatable bonds is 5. The Kier molecular flexibility index (Phi) is 5.76. The molecule has 0 aliphatic carbocycles. The van der Waals surface area contributed by atoms with Crippen molar-refractivity contribution in [3.63, 3.8) is 0 Å². The Bertz CT molecular complexity index is 1230. The van der Waals surface area contributed by atoms with Gasteiger partial charge in [-0.05, 0) is 60.2 Å². The fourth-order valence-corrected chi connectivity index (χ4v) is 3.32. The summed E-state index contributed by atoms with van der Waals surface area (Å²) < 4.78 is 7.72. The van der Waals surface area contributed by atoms with Gasteiger partial charge in [0.05, 0.1) is 11.2 Å². The van der Waals surface area contributed by atoms with Crippen LogP contribution in [0, 0.1) is 4.77 Å². The minimum Gasteiger partial charge on any atom is -0.457 e. The minimum absolute atomic E-state index is 0.346. The van der Waals surface area contributed by atoms with Crippen LogP contribution in [-0.4, -0.2) is 21.1 Å². The smallest absolute Gasteiger partial charge is 0.216 e. The van der Waals surface area contributed by atoms with Gasteiger partial charge < -0.3 is 4.74 Å². The molecule has 1 N–H and O–H groups in total. The van der Waals surface area contributed by atoms with Crippen molar-refractivity contribution in [2.24, 2.45) is 5.10 Å². The molecule has 0 aliphatic rings. The Morgan fingerprint density at radius 3 is 2.55 bits per heavy atom. The molecule has 0 radical (unpaired) electrons. The maximum Gasteiger partial charge on any atom is 0.216 e. The molecule has 0 unspecified atom stereocenters. The van der Waals surface area contributed by atoms with Gasteiger partial charge in [0.25, 0.3) is 0 Å². The summed E-state index contributed by atoms with van der Waals surface area (Å²) in [7, 11) is 0. The number of ether oxygens (including phenoxy) is 1. The van der Waals surface area contributed by atoms with Crippen molar-refractivity contribution in [2.75, 3.05) is 0 Å². The van der Waals surface area contributed by atoms with E-state index in [4.69, 9.17) is 40.2 Å². The Morgan fingerprint density at radius 1 is 0.966 bits per heavy atom. The van der Waals surface area contributed by atoms with Gasteiger partial charge in [-0.2, -0.15) is 14.9 Å². The molecule has 144 valence electrons. The van der Waals surface area contributed by atoms with E-state index in [2.05, 4.69) is 15.3 Å². The molecule has 4 aromatic rings. The lowest BCUT2D eigenvalue weighted by Crippen LogP contribution is -1.96. The number of benzene rings is 3. The van der Waals surface area contributed by atoms with Crippen molar-refractivity contribution in [3.05, 3.63) is 93.2 Å². The number of halogens is 2. The van der Waals surface area contributed by atoms with Crippen LogP contribution < -0.4 is 4.74 Å². The molecule has 0 saturated heterocycles. The van der Waals surface area contributed by atoms with Crippen LogP contribution in [0.25, 0.3) is 11.4 Å². The molecule has 0 amide bonds. The van der Waals surface area contributed by atoms with E-state index < -0.39 is 0 Å². The number of hydrogen-bond acceptors (Lipinski definition) is 4. The first-order valence-corrected chi connectivity index (χ1v) is 9.77. The molecule has 1 heterocycles. The summed E-state index contributed by atoms with van der Waals surface area (Å²) in [6.45, 7) is 0. The molecule has 29 heavy (non-hydrogen) atoms. The van der Waals surface area contributed by atoms with Crippen molar-refractivity contribution in [1.82, 2.24) is 14.9 Å². The highest BCUT2D eigenvalue weighted by Gasteiger charge is 2.12. The predicted octanol–water partition coefficient (Wildman–Crippen LogP) is 6.59. The van der Waals surface area contributed by atoms with E-state index in [1.807, 2.05) is 54.6 Å². The van der Waals surface area contributed by atoms with Crippen molar-refractivity contribution in [2.45, 2.75) is 0 Å². The summed E-state index contributed by atoms with van der Waals surface area (Å²) in [6.07, 6.45) is 1.68. The highest BCUT2D eigenvalue weighted by atomic mass is 35.5. The number of nitrogens with zero attached hydrogens (tertiary/aromatic N) is 3. The Hall–Kier alpha value is -2.93. The summed E-state index contributed by atoms with van der Waals surface area (Å²) in [6, 6.07) is 22.3. The van der Waals surface area contributed by atoms with E-state index in [-0.39, 0.29) is 0 Å². The van der Waals surface area contributed by atoms with Gasteiger partial charge in [-0.1, -0.05) is 53.5 Å². The van der Waals surface area contributed by atoms with Gasteiger partial charge in [-0.15, -0.1) is 0 Å². The first kappa shape index (κ1) is 19.4. The van der Waals surface area contributed by atoms with E-state index >= 15 is 0 Å². The standard InChI is InChI=1S/C21H14Cl2N4OS/c22-15-9-10-18(19(23)12-15)20-25-26-21(29)27(20)24-13-14-5-4-8-17(11-14)28-16-6-2-1-3-7-16/h1-13H,(H,26,29)/b24-13+. The fraction of sp³-hybridized carbons (Fsp3) is 0. The van der Waals surface area contributed by atoms with Crippen molar-refractivity contribution in [3.8, 4) is 22.9 Å². The Balaban J connectivity index is 1.63. The monoisotopic (exact) mass is 440 g/mol. The molecule has 1 aromatic heterocycles. The molecule has 0 fully saturated rings. The molecular formula is C21H14Cl2N4OS. The topological polar surface area (TPSA) is 55.2 Å². The number of hydrogen-bond donors (Lipinski definition) is 1. The van der Waals surface area contributed by atoms with E-state index in [0.29, 0.717) is 32.0 Å². The highest BCUT2D eigenvalue weighted by molar-refractivity contribution is 7.71. The van der Waals surface area contributed by atoms with Gasteiger partial charge in [0.2, 0.25) is 4.77 Å². The minimum atomic E-state index is 0.346. The first-order chi connectivity index (χ1) is 14.1. The van der Waals surface area contributed by atoms with Gasteiger partial charge >= 0.3 is 0 Å². The highest BCUT2D eigenvalue weighted by Crippen LogP contribution is 2.29. The van der Waals surface area contributed by atoms with Crippen molar-refractivity contribution < 1.29 is 4.74 Å². The molecule has 0 atom stereocenters. The number of aromatic amines is 1. The summed E-state index contributed by atoms with van der Waals surface area (Å²) in [4.78, 5) is 0. The quantitative estimate of drug-likeness (QED) is 0.281. The molecule has 0 bridgehead atoms. The van der Waals surface area contributed by atoms with Crippen molar-refractivity contribution in [1.29, 1.82) is 0 Å². The average Bonchev–Trinajstić information content (AvgIpc) is 3.08. The lowest BCUT2D eigenvalue weighted by molar-refractivity contribution is 0.482. The molecular weight excluding hydrogens is 427 g/mol. The molecule has 0 aliphatic heterocycles. The predicted molar refractivity (Wildman–Crippen MR) is 119 cm³/mol. The molecule has 0 spiro atoms. The van der Waals surface area contributed by atoms with Crippen LogP contribution in [0.1, 0.15) is 5.56 Å². The Morgan fingerprint density at radius 2 is 1.76 bits per heavy atom. The van der Waals surface area contributed by atoms with Crippen LogP contribution in [0.4, 0.5) is 0 Å². The molecule has 4 rings (SSSR count). The second-order valence-corrected chi connectivity index (χ2v) is 7.25. The normalized spacial score (nSPS) is 11.1. The first-order valence-electron chi connectivity index (χ1n) is 8.60. The van der Waals surface area contributed by atoms with Crippen LogP contribution >= 0.6 is 35.4 Å². The number of H-pyrrole nitrogens is 1. The zero-order chi connectivity index (χ0) is 20.2. The lowest BCUT2D eigenvalue weighted by atomic mass is 10.2. The second-order valence-electron chi connectivity index (χ2n) is 6.02. The second kappa shape index (κ2) is 8.61. The van der Waals surface area contributed by atoms with Gasteiger partial charge in [-0.3, -0.25) is 0 Å². The molecule has 8 heteroatoms. The van der Waals surface area contributed by atoms with E-state index in [1.165, 1.54) is 4.68 Å². The summed E-state index contributed by atoms with van der Waals surface area (Å²) >= 11 is 17.6. The third-order valence-electron chi connectivity index (χ3n) is 3.98. The van der Waals surface area contributed by atoms with Crippen LogP contribution in [0.3, 0.4) is 0 Å². The van der Waals surface area contributed by atoms with E-state index in [9.17, 15) is 0 Å². The van der Waals surface area contributed by atoms with Gasteiger partial charge in [0, 0.05) is 10.6 Å². The van der Waals surface area contributed by atoms with Crippen molar-refractivity contribution >= 4 is 41.6 Å². The molecule has 5 nitrogen and oxygen atoms in total. The summed E-state index contributed by atoms with van der Waals surface area (Å²) in [5.41, 5.74) is 1.51. The summed E-state index contributed by atoms with van der Waals surface area (Å²) in [5, 5.41) is 12.5. The average molecular weight is 441 g/mol. The summed E-state index contributed by atoms with van der Waals surface area (Å²) in [5.74, 6) is 1.96. The van der Waals surface area contributed by atoms with Crippen LogP contribution in [0.15, 0.2) is 77.9 Å². The third kappa shape index (κ3) is 4.56. The van der Waals surface area contributed by atoms with E-state index in [0.717, 1.165) is 11.3 Å². The van der Waals surface area contributed by atoms with E-state index in [1.54, 1.807) is 24.4 Å². The largest absolute Gasteiger partial charge is 0.457 e. The maximum absolute atomic E-state index is 6.31. The maximum atomic E-state index is 6.31. The van der Waals surface area contributed by atoms with Gasteiger partial charge in [-0.25, -0.2) is 5.10 Å². The van der Waals surface area contributed by atoms with Crippen LogP contribution in [-0.2, 0) is 0 Å². The lowest BCUT2D eigenvalue weighted by Gasteiger charge is -2.06. The molecule has 3 aromatic carbocycles. The zero-order valence-electron chi connectivity index (χ0n) is 14.9. The number of nitrogens with one attached hydrogen (secondary N) is 1. The third-order valence-corrected chi connectivity index (χ3v) is 4.79. The SMILES string of the molecule is S=c1[nH]nc(-c2ccc(Cl)cc2Cl)n1/N=C/c1cccc(Oc2ccccc2)c1. The number of para-hydroxylation sites is 1. The van der Waals surface area contributed by atoms with Crippen LogP contribution in [0.5, 0.6) is 11.5 Å². The molecule has 0 saturated carbocycles. The van der Waals surface area contributed by atoms with Gasteiger partial charge in [0.15, 0.2) is 5.82 Å². The Labute approximate surface area is 182 Å².